The number of hydrogen-bond donors (Lipinski definition) is 3. The highest BCUT2D eigenvalue weighted by Crippen LogP contribution is 2.24. The average Bonchev–Trinajstić information content (AvgIpc) is 2.36. The van der Waals surface area contributed by atoms with Gasteiger partial charge in [0.25, 0.3) is 0 Å². The summed E-state index contributed by atoms with van der Waals surface area (Å²) in [6, 6.07) is 4.41. The molecule has 20 heavy (non-hydrogen) atoms. The highest BCUT2D eigenvalue weighted by molar-refractivity contribution is 9.10. The molecule has 0 aliphatic carbocycles. The molecule has 1 heterocycles. The molecule has 7 heteroatoms. The number of nitrogens with one attached hydrogen (secondary N) is 2. The number of hydrogen-bond acceptors (Lipinski definition) is 4. The zero-order valence-electron chi connectivity index (χ0n) is 10.9. The van der Waals surface area contributed by atoms with E-state index in [9.17, 15) is 9.59 Å². The van der Waals surface area contributed by atoms with Gasteiger partial charge in [0, 0.05) is 17.6 Å². The van der Waals surface area contributed by atoms with E-state index in [-0.39, 0.29) is 23.7 Å². The summed E-state index contributed by atoms with van der Waals surface area (Å²) < 4.78 is 6.03. The summed E-state index contributed by atoms with van der Waals surface area (Å²) in [5.74, 6) is -1.29. The number of anilines is 1. The van der Waals surface area contributed by atoms with Gasteiger partial charge in [-0.2, -0.15) is 0 Å². The van der Waals surface area contributed by atoms with Crippen molar-refractivity contribution in [1.82, 2.24) is 5.32 Å². The number of carbonyl (C=O) groups excluding carboxylic acids is 1. The van der Waals surface area contributed by atoms with Crippen LogP contribution in [0, 0.1) is 0 Å². The monoisotopic (exact) mass is 342 g/mol. The minimum Gasteiger partial charge on any atom is -0.478 e. The van der Waals surface area contributed by atoms with Crippen LogP contribution in [0.4, 0.5) is 5.69 Å². The van der Waals surface area contributed by atoms with E-state index in [2.05, 4.69) is 26.6 Å². The van der Waals surface area contributed by atoms with E-state index in [0.29, 0.717) is 10.2 Å². The van der Waals surface area contributed by atoms with Crippen molar-refractivity contribution in [2.75, 3.05) is 25.0 Å². The Labute approximate surface area is 124 Å². The first-order valence-corrected chi connectivity index (χ1v) is 6.86. The van der Waals surface area contributed by atoms with Crippen molar-refractivity contribution in [3.8, 4) is 0 Å². The number of benzene rings is 1. The van der Waals surface area contributed by atoms with Gasteiger partial charge in [0.1, 0.15) is 6.61 Å². The van der Waals surface area contributed by atoms with Gasteiger partial charge in [0.15, 0.2) is 0 Å². The number of rotatable bonds is 5. The minimum absolute atomic E-state index is 0.0364. The SMILES string of the molecule is CC1(OCC(=O)Nc2ccc(C(=O)O)cc2Br)CNC1. The highest BCUT2D eigenvalue weighted by atomic mass is 79.9. The van der Waals surface area contributed by atoms with Crippen LogP contribution in [-0.2, 0) is 9.53 Å². The lowest BCUT2D eigenvalue weighted by atomic mass is 10.0. The smallest absolute Gasteiger partial charge is 0.335 e. The van der Waals surface area contributed by atoms with E-state index in [0.717, 1.165) is 13.1 Å². The van der Waals surface area contributed by atoms with Crippen molar-refractivity contribution < 1.29 is 19.4 Å². The molecule has 1 fully saturated rings. The number of carbonyl (C=O) groups is 2. The Bertz CT molecular complexity index is 543. The van der Waals surface area contributed by atoms with E-state index in [1.54, 1.807) is 0 Å². The second kappa shape index (κ2) is 5.90. The van der Waals surface area contributed by atoms with Gasteiger partial charge in [-0.1, -0.05) is 0 Å². The summed E-state index contributed by atoms with van der Waals surface area (Å²) >= 11 is 3.23. The Morgan fingerprint density at radius 3 is 2.70 bits per heavy atom. The number of amides is 1. The molecular formula is C13H15BrN2O4. The lowest BCUT2D eigenvalue weighted by Crippen LogP contribution is -2.59. The standard InChI is InChI=1S/C13H15BrN2O4/c1-13(6-15-7-13)20-5-11(17)16-10-3-2-8(12(18)19)4-9(10)14/h2-4,15H,5-7H2,1H3,(H,16,17)(H,18,19). The minimum atomic E-state index is -1.02. The summed E-state index contributed by atoms with van der Waals surface area (Å²) in [6.45, 7) is 3.37. The van der Waals surface area contributed by atoms with E-state index >= 15 is 0 Å². The molecule has 1 amide bonds. The molecule has 0 unspecified atom stereocenters. The summed E-state index contributed by atoms with van der Waals surface area (Å²) in [7, 11) is 0. The fraction of sp³-hybridized carbons (Fsp3) is 0.385. The molecule has 1 aromatic rings. The Morgan fingerprint density at radius 1 is 1.50 bits per heavy atom. The lowest BCUT2D eigenvalue weighted by Gasteiger charge is -2.38. The van der Waals surface area contributed by atoms with Gasteiger partial charge in [0.2, 0.25) is 5.91 Å². The van der Waals surface area contributed by atoms with Crippen LogP contribution >= 0.6 is 15.9 Å². The summed E-state index contributed by atoms with van der Waals surface area (Å²) in [4.78, 5) is 22.6. The first-order valence-electron chi connectivity index (χ1n) is 6.07. The summed E-state index contributed by atoms with van der Waals surface area (Å²) in [5, 5.41) is 14.6. The molecule has 6 nitrogen and oxygen atoms in total. The molecule has 1 aliphatic rings. The maximum Gasteiger partial charge on any atom is 0.335 e. The third-order valence-corrected chi connectivity index (χ3v) is 3.70. The molecule has 0 atom stereocenters. The fourth-order valence-corrected chi connectivity index (χ4v) is 2.23. The predicted molar refractivity (Wildman–Crippen MR) is 77.0 cm³/mol. The molecular weight excluding hydrogens is 328 g/mol. The molecule has 0 spiro atoms. The number of ether oxygens (including phenoxy) is 1. The molecule has 1 aromatic carbocycles. The molecule has 108 valence electrons. The third-order valence-electron chi connectivity index (χ3n) is 3.04. The Morgan fingerprint density at radius 2 is 2.20 bits per heavy atom. The predicted octanol–water partition coefficient (Wildman–Crippen LogP) is 1.46. The van der Waals surface area contributed by atoms with Crippen LogP contribution in [0.2, 0.25) is 0 Å². The largest absolute Gasteiger partial charge is 0.478 e. The fourth-order valence-electron chi connectivity index (χ4n) is 1.75. The molecule has 1 saturated heterocycles. The van der Waals surface area contributed by atoms with Crippen LogP contribution in [0.15, 0.2) is 22.7 Å². The van der Waals surface area contributed by atoms with E-state index in [1.807, 2.05) is 6.92 Å². The molecule has 0 radical (unpaired) electrons. The Balaban J connectivity index is 1.92. The number of carboxylic acid groups (broad SMARTS) is 1. The first-order chi connectivity index (χ1) is 9.39. The zero-order valence-corrected chi connectivity index (χ0v) is 12.5. The van der Waals surface area contributed by atoms with Gasteiger partial charge < -0.3 is 20.5 Å². The quantitative estimate of drug-likeness (QED) is 0.754. The molecule has 3 N–H and O–H groups in total. The van der Waals surface area contributed by atoms with Gasteiger partial charge in [-0.25, -0.2) is 4.79 Å². The molecule has 0 saturated carbocycles. The third kappa shape index (κ3) is 3.56. The number of aromatic carboxylic acids is 1. The normalized spacial score (nSPS) is 16.3. The Kier molecular flexibility index (Phi) is 4.42. The van der Waals surface area contributed by atoms with Crippen LogP contribution in [0.3, 0.4) is 0 Å². The molecule has 0 bridgehead atoms. The van der Waals surface area contributed by atoms with Crippen LogP contribution < -0.4 is 10.6 Å². The Hall–Kier alpha value is -1.44. The van der Waals surface area contributed by atoms with Crippen molar-refractivity contribution in [2.24, 2.45) is 0 Å². The van der Waals surface area contributed by atoms with Crippen LogP contribution in [-0.4, -0.2) is 42.3 Å². The molecule has 1 aliphatic heterocycles. The number of carboxylic acids is 1. The van der Waals surface area contributed by atoms with Crippen molar-refractivity contribution >= 4 is 33.5 Å². The van der Waals surface area contributed by atoms with Crippen LogP contribution in [0.25, 0.3) is 0 Å². The second-order valence-electron chi connectivity index (χ2n) is 4.89. The average molecular weight is 343 g/mol. The lowest BCUT2D eigenvalue weighted by molar-refractivity contribution is -0.130. The second-order valence-corrected chi connectivity index (χ2v) is 5.74. The summed E-state index contributed by atoms with van der Waals surface area (Å²) in [5.41, 5.74) is 0.390. The summed E-state index contributed by atoms with van der Waals surface area (Å²) in [6.07, 6.45) is 0. The molecule has 0 aromatic heterocycles. The van der Waals surface area contributed by atoms with Gasteiger partial charge in [0.05, 0.1) is 16.9 Å². The van der Waals surface area contributed by atoms with Crippen molar-refractivity contribution in [1.29, 1.82) is 0 Å². The van der Waals surface area contributed by atoms with E-state index in [4.69, 9.17) is 9.84 Å². The first kappa shape index (κ1) is 15.0. The maximum atomic E-state index is 11.8. The van der Waals surface area contributed by atoms with Gasteiger partial charge in [-0.05, 0) is 41.1 Å². The van der Waals surface area contributed by atoms with Gasteiger partial charge in [-0.15, -0.1) is 0 Å². The zero-order chi connectivity index (χ0) is 14.8. The van der Waals surface area contributed by atoms with E-state index in [1.165, 1.54) is 18.2 Å². The maximum absolute atomic E-state index is 11.8. The molecule has 2 rings (SSSR count). The van der Waals surface area contributed by atoms with Crippen molar-refractivity contribution in [2.45, 2.75) is 12.5 Å². The van der Waals surface area contributed by atoms with E-state index < -0.39 is 5.97 Å². The number of halogens is 1. The highest BCUT2D eigenvalue weighted by Gasteiger charge is 2.33. The van der Waals surface area contributed by atoms with Crippen LogP contribution in [0.1, 0.15) is 17.3 Å². The van der Waals surface area contributed by atoms with Crippen LogP contribution in [0.5, 0.6) is 0 Å². The van der Waals surface area contributed by atoms with Crippen molar-refractivity contribution in [3.05, 3.63) is 28.2 Å². The van der Waals surface area contributed by atoms with Gasteiger partial charge in [-0.3, -0.25) is 4.79 Å². The van der Waals surface area contributed by atoms with Crippen molar-refractivity contribution in [3.63, 3.8) is 0 Å². The topological polar surface area (TPSA) is 87.7 Å². The van der Waals surface area contributed by atoms with Gasteiger partial charge >= 0.3 is 5.97 Å².